The second-order valence-corrected chi connectivity index (χ2v) is 9.38. The van der Waals surface area contributed by atoms with Gasteiger partial charge in [0, 0.05) is 16.7 Å². The Morgan fingerprint density at radius 3 is 2.79 bits per heavy atom. The van der Waals surface area contributed by atoms with E-state index >= 15 is 0 Å². The second-order valence-electron chi connectivity index (χ2n) is 7.39. The summed E-state index contributed by atoms with van der Waals surface area (Å²) in [5, 5.41) is 17.3. The lowest BCUT2D eigenvalue weighted by Crippen LogP contribution is -2.71. The molecule has 180 valence electrons. The maximum Gasteiger partial charge on any atom is 0.404 e. The molecule has 1 saturated heterocycles. The van der Waals surface area contributed by atoms with Gasteiger partial charge < -0.3 is 31.5 Å². The number of carboxylic acid groups (broad SMARTS) is 1. The first-order valence-corrected chi connectivity index (χ1v) is 11.9. The number of β-lactam (4-membered cyclic amide) rings is 1. The Hall–Kier alpha value is -3.59. The van der Waals surface area contributed by atoms with E-state index in [9.17, 15) is 24.3 Å². The number of hydrogen-bond acceptors (Lipinski definition) is 11. The molecule has 34 heavy (non-hydrogen) atoms. The minimum absolute atomic E-state index is 0.148. The van der Waals surface area contributed by atoms with E-state index in [4.69, 9.17) is 21.0 Å². The molecule has 3 amide bonds. The number of aromatic nitrogens is 1. The molecule has 15 heteroatoms. The van der Waals surface area contributed by atoms with Gasteiger partial charge in [0.15, 0.2) is 10.8 Å². The summed E-state index contributed by atoms with van der Waals surface area (Å²) in [5.41, 5.74) is 10.6. The second kappa shape index (κ2) is 9.72. The number of rotatable bonds is 8. The molecular formula is C19H20N6O7S2. The summed E-state index contributed by atoms with van der Waals surface area (Å²) in [6.45, 7) is -0.355. The van der Waals surface area contributed by atoms with Gasteiger partial charge in [-0.1, -0.05) is 11.2 Å². The molecule has 1 aromatic rings. The van der Waals surface area contributed by atoms with E-state index in [0.717, 1.165) is 29.1 Å². The number of anilines is 1. The number of aliphatic carboxylic acids is 1. The summed E-state index contributed by atoms with van der Waals surface area (Å²) in [6, 6.07) is -1.00. The van der Waals surface area contributed by atoms with Crippen molar-refractivity contribution in [1.29, 1.82) is 0 Å². The van der Waals surface area contributed by atoms with E-state index < -0.39 is 35.3 Å². The average Bonchev–Trinajstić information content (AvgIpc) is 3.47. The molecular weight excluding hydrogens is 488 g/mol. The third-order valence-corrected chi connectivity index (χ3v) is 7.17. The highest BCUT2D eigenvalue weighted by Crippen LogP contribution is 2.40. The van der Waals surface area contributed by atoms with E-state index in [1.54, 1.807) is 5.38 Å². The molecule has 1 fully saturated rings. The minimum atomic E-state index is -1.36. The zero-order chi connectivity index (χ0) is 24.4. The molecule has 4 rings (SSSR count). The molecule has 0 bridgehead atoms. The number of amides is 3. The van der Waals surface area contributed by atoms with Gasteiger partial charge in [0.25, 0.3) is 11.8 Å². The van der Waals surface area contributed by atoms with Crippen LogP contribution in [0.3, 0.4) is 0 Å². The van der Waals surface area contributed by atoms with Crippen LogP contribution in [0.25, 0.3) is 0 Å². The van der Waals surface area contributed by atoms with Crippen LogP contribution in [-0.2, 0) is 24.0 Å². The number of thioether (sulfide) groups is 1. The number of primary amides is 1. The van der Waals surface area contributed by atoms with Gasteiger partial charge in [-0.3, -0.25) is 14.5 Å². The number of nitrogens with two attached hydrogens (primary N) is 2. The van der Waals surface area contributed by atoms with Gasteiger partial charge in [-0.05, 0) is 18.9 Å². The Bertz CT molecular complexity index is 1130. The molecule has 1 aromatic heterocycles. The van der Waals surface area contributed by atoms with Gasteiger partial charge in [0.1, 0.15) is 35.5 Å². The summed E-state index contributed by atoms with van der Waals surface area (Å²) >= 11 is 2.33. The van der Waals surface area contributed by atoms with Gasteiger partial charge >= 0.3 is 12.1 Å². The Labute approximate surface area is 200 Å². The number of nitrogens with one attached hydrogen (secondary N) is 1. The normalized spacial score (nSPS) is 23.9. The third kappa shape index (κ3) is 4.70. The van der Waals surface area contributed by atoms with Gasteiger partial charge in [0.2, 0.25) is 0 Å². The Morgan fingerprint density at radius 2 is 2.18 bits per heavy atom. The Morgan fingerprint density at radius 1 is 1.38 bits per heavy atom. The number of ether oxygens (including phenoxy) is 1. The van der Waals surface area contributed by atoms with Crippen molar-refractivity contribution in [1.82, 2.24) is 15.2 Å². The lowest BCUT2D eigenvalue weighted by molar-refractivity contribution is -0.150. The number of carbonyl (C=O) groups excluding carboxylic acids is 3. The van der Waals surface area contributed by atoms with Crippen LogP contribution >= 0.6 is 23.1 Å². The van der Waals surface area contributed by atoms with Crippen molar-refractivity contribution in [2.24, 2.45) is 10.9 Å². The fourth-order valence-corrected chi connectivity index (χ4v) is 5.45. The van der Waals surface area contributed by atoms with Crippen molar-refractivity contribution < 1.29 is 33.9 Å². The summed E-state index contributed by atoms with van der Waals surface area (Å²) in [6.07, 6.45) is 3.99. The SMILES string of the molecule is NC(=O)OCC1=C(C(=O)O)N2C(=O)C(NC(=O)/C(=N\OC3C=CCC3)c3csc(N)n3)[C@H]2SC1. The van der Waals surface area contributed by atoms with Crippen molar-refractivity contribution in [2.45, 2.75) is 30.4 Å². The van der Waals surface area contributed by atoms with E-state index in [1.165, 1.54) is 11.8 Å². The lowest BCUT2D eigenvalue weighted by atomic mass is 10.0. The van der Waals surface area contributed by atoms with E-state index in [0.29, 0.717) is 0 Å². The summed E-state index contributed by atoms with van der Waals surface area (Å²) in [4.78, 5) is 59.1. The standard InChI is InChI=1S/C19H20N6O7S2/c20-18-22-10(7-34-18)11(24-32-9-3-1-2-4-9)14(26)23-12-15(27)25-13(17(28)29)8(5-31-19(21)30)6-33-16(12)25/h1,3,7,9,12,16H,2,4-6H2,(H2,20,22)(H2,21,30)(H,23,26)(H,28,29)/b24-11-/t9?,12?,16-/m1/s1. The van der Waals surface area contributed by atoms with Crippen LogP contribution in [0.1, 0.15) is 18.5 Å². The van der Waals surface area contributed by atoms with Crippen molar-refractivity contribution in [3.63, 3.8) is 0 Å². The first-order chi connectivity index (χ1) is 16.3. The zero-order valence-electron chi connectivity index (χ0n) is 17.5. The van der Waals surface area contributed by atoms with Gasteiger partial charge in [-0.2, -0.15) is 0 Å². The first kappa shape index (κ1) is 23.6. The summed E-state index contributed by atoms with van der Waals surface area (Å²) in [7, 11) is 0. The molecule has 3 aliphatic rings. The molecule has 3 heterocycles. The fourth-order valence-electron chi connectivity index (χ4n) is 3.58. The maximum atomic E-state index is 13.0. The third-order valence-electron chi connectivity index (χ3n) is 5.15. The van der Waals surface area contributed by atoms with Crippen molar-refractivity contribution in [2.75, 3.05) is 18.1 Å². The largest absolute Gasteiger partial charge is 0.477 e. The van der Waals surface area contributed by atoms with Crippen molar-refractivity contribution in [3.05, 3.63) is 34.5 Å². The van der Waals surface area contributed by atoms with Crippen LogP contribution in [0.5, 0.6) is 0 Å². The highest BCUT2D eigenvalue weighted by molar-refractivity contribution is 8.00. The van der Waals surface area contributed by atoms with E-state index in [-0.39, 0.29) is 46.3 Å². The summed E-state index contributed by atoms with van der Waals surface area (Å²) < 4.78 is 4.69. The topological polar surface area (TPSA) is 200 Å². The van der Waals surface area contributed by atoms with Crippen molar-refractivity contribution in [3.8, 4) is 0 Å². The number of nitrogens with zero attached hydrogens (tertiary/aromatic N) is 3. The number of nitrogen functional groups attached to an aromatic ring is 1. The highest BCUT2D eigenvalue weighted by Gasteiger charge is 2.54. The number of carboxylic acids is 1. The number of carbonyl (C=O) groups is 4. The Kier molecular flexibility index (Phi) is 6.74. The van der Waals surface area contributed by atoms with E-state index in [2.05, 4.69) is 15.5 Å². The van der Waals surface area contributed by atoms with Crippen molar-refractivity contribution >= 4 is 57.8 Å². The smallest absolute Gasteiger partial charge is 0.404 e. The number of hydrogen-bond donors (Lipinski definition) is 4. The predicted octanol–water partition coefficient (Wildman–Crippen LogP) is -0.00150. The highest BCUT2D eigenvalue weighted by atomic mass is 32.2. The van der Waals surface area contributed by atoms with Gasteiger partial charge in [-0.25, -0.2) is 14.6 Å². The molecule has 0 aromatic carbocycles. The molecule has 2 unspecified atom stereocenters. The zero-order valence-corrected chi connectivity index (χ0v) is 19.1. The molecule has 1 aliphatic carbocycles. The molecule has 0 saturated carbocycles. The van der Waals surface area contributed by atoms with Gasteiger partial charge in [-0.15, -0.1) is 23.1 Å². The predicted molar refractivity (Wildman–Crippen MR) is 122 cm³/mol. The lowest BCUT2D eigenvalue weighted by Gasteiger charge is -2.49. The van der Waals surface area contributed by atoms with Crippen LogP contribution in [0.2, 0.25) is 0 Å². The summed E-state index contributed by atoms with van der Waals surface area (Å²) in [5.74, 6) is -2.54. The van der Waals surface area contributed by atoms with Crippen LogP contribution in [0.15, 0.2) is 34.0 Å². The molecule has 6 N–H and O–H groups in total. The fraction of sp³-hybridized carbons (Fsp3) is 0.368. The molecule has 3 atom stereocenters. The van der Waals surface area contributed by atoms with Gasteiger partial charge in [0.05, 0.1) is 0 Å². The van der Waals surface area contributed by atoms with Crippen LogP contribution in [-0.4, -0.2) is 74.5 Å². The molecule has 13 nitrogen and oxygen atoms in total. The Balaban J connectivity index is 1.51. The first-order valence-electron chi connectivity index (χ1n) is 10.0. The number of thiazole rings is 1. The van der Waals surface area contributed by atoms with E-state index in [1.807, 2.05) is 12.2 Å². The maximum absolute atomic E-state index is 13.0. The quantitative estimate of drug-likeness (QED) is 0.160. The minimum Gasteiger partial charge on any atom is -0.477 e. The van der Waals surface area contributed by atoms with Crippen LogP contribution in [0.4, 0.5) is 9.93 Å². The van der Waals surface area contributed by atoms with Crippen LogP contribution in [0, 0.1) is 0 Å². The molecule has 0 spiro atoms. The number of oxime groups is 1. The monoisotopic (exact) mass is 508 g/mol. The molecule has 2 aliphatic heterocycles. The van der Waals surface area contributed by atoms with Crippen LogP contribution < -0.4 is 16.8 Å². The molecule has 0 radical (unpaired) electrons. The average molecular weight is 509 g/mol. The number of allylic oxidation sites excluding steroid dienone is 1. The number of fused-ring (bicyclic) bond motifs is 1.